The molecule has 0 fully saturated rings. The van der Waals surface area contributed by atoms with Gasteiger partial charge in [0.25, 0.3) is 0 Å². The summed E-state index contributed by atoms with van der Waals surface area (Å²) in [5.41, 5.74) is -1.05. The monoisotopic (exact) mass is 258 g/mol. The summed E-state index contributed by atoms with van der Waals surface area (Å²) in [6, 6.07) is -0.360. The summed E-state index contributed by atoms with van der Waals surface area (Å²) in [4.78, 5) is 25.0. The van der Waals surface area contributed by atoms with Gasteiger partial charge in [0.05, 0.1) is 6.04 Å². The first-order valence-corrected chi connectivity index (χ1v) is 6.48. The van der Waals surface area contributed by atoms with Crippen LogP contribution in [0.4, 0.5) is 0 Å². The molecule has 0 radical (unpaired) electrons. The standard InChI is InChI=1S/C13H26N2O3/c1-7-9(3)14-11(16)10(4)15(8-2)13(5,6)12(17)18/h9-10H,7-8H2,1-6H3,(H,14,16)(H,17,18). The van der Waals surface area contributed by atoms with Crippen molar-refractivity contribution in [2.24, 2.45) is 0 Å². The van der Waals surface area contributed by atoms with Gasteiger partial charge in [-0.2, -0.15) is 0 Å². The van der Waals surface area contributed by atoms with Crippen LogP contribution in [0.5, 0.6) is 0 Å². The number of nitrogens with zero attached hydrogens (tertiary/aromatic N) is 1. The summed E-state index contributed by atoms with van der Waals surface area (Å²) in [6.07, 6.45) is 0.854. The van der Waals surface area contributed by atoms with Gasteiger partial charge in [0, 0.05) is 6.04 Å². The highest BCUT2D eigenvalue weighted by molar-refractivity contribution is 5.84. The predicted molar refractivity (Wildman–Crippen MR) is 71.5 cm³/mol. The third kappa shape index (κ3) is 3.98. The number of carboxylic acid groups (broad SMARTS) is 1. The first-order valence-electron chi connectivity index (χ1n) is 6.48. The summed E-state index contributed by atoms with van der Waals surface area (Å²) in [6.45, 7) is 11.3. The Morgan fingerprint density at radius 3 is 2.11 bits per heavy atom. The van der Waals surface area contributed by atoms with Crippen LogP contribution in [0.1, 0.15) is 48.0 Å². The average molecular weight is 258 g/mol. The van der Waals surface area contributed by atoms with E-state index in [0.717, 1.165) is 6.42 Å². The normalized spacial score (nSPS) is 15.3. The maximum Gasteiger partial charge on any atom is 0.323 e. The molecule has 0 heterocycles. The van der Waals surface area contributed by atoms with Gasteiger partial charge < -0.3 is 10.4 Å². The predicted octanol–water partition coefficient (Wildman–Crippen LogP) is 1.47. The van der Waals surface area contributed by atoms with Crippen molar-refractivity contribution >= 4 is 11.9 Å². The second-order valence-electron chi connectivity index (χ2n) is 5.14. The van der Waals surface area contributed by atoms with E-state index in [1.165, 1.54) is 0 Å². The van der Waals surface area contributed by atoms with Gasteiger partial charge in [-0.3, -0.25) is 14.5 Å². The van der Waals surface area contributed by atoms with E-state index in [1.54, 1.807) is 25.7 Å². The number of carbonyl (C=O) groups is 2. The van der Waals surface area contributed by atoms with Crippen molar-refractivity contribution in [1.29, 1.82) is 0 Å². The second kappa shape index (κ2) is 6.73. The molecule has 0 bridgehead atoms. The number of rotatable bonds is 7. The zero-order valence-electron chi connectivity index (χ0n) is 12.3. The van der Waals surface area contributed by atoms with E-state index < -0.39 is 17.6 Å². The highest BCUT2D eigenvalue weighted by atomic mass is 16.4. The number of likely N-dealkylation sites (N-methyl/N-ethyl adjacent to an activating group) is 1. The van der Waals surface area contributed by atoms with Crippen molar-refractivity contribution in [2.45, 2.75) is 65.6 Å². The Labute approximate surface area is 110 Å². The molecule has 0 spiro atoms. The fourth-order valence-corrected chi connectivity index (χ4v) is 1.88. The van der Waals surface area contributed by atoms with Crippen LogP contribution in [-0.4, -0.2) is 46.1 Å². The largest absolute Gasteiger partial charge is 0.480 e. The minimum absolute atomic E-state index is 0.103. The van der Waals surface area contributed by atoms with Crippen LogP contribution >= 0.6 is 0 Å². The molecule has 0 aliphatic rings. The van der Waals surface area contributed by atoms with Gasteiger partial charge in [0.2, 0.25) is 5.91 Å². The molecule has 0 aromatic carbocycles. The molecular weight excluding hydrogens is 232 g/mol. The lowest BCUT2D eigenvalue weighted by molar-refractivity contribution is -0.152. The highest BCUT2D eigenvalue weighted by Crippen LogP contribution is 2.18. The summed E-state index contributed by atoms with van der Waals surface area (Å²) in [7, 11) is 0. The Bertz CT molecular complexity index is 303. The number of amides is 1. The lowest BCUT2D eigenvalue weighted by atomic mass is 10.00. The third-order valence-corrected chi connectivity index (χ3v) is 3.43. The van der Waals surface area contributed by atoms with E-state index in [2.05, 4.69) is 5.32 Å². The maximum atomic E-state index is 12.0. The van der Waals surface area contributed by atoms with Crippen LogP contribution in [0.15, 0.2) is 0 Å². The van der Waals surface area contributed by atoms with E-state index in [-0.39, 0.29) is 11.9 Å². The highest BCUT2D eigenvalue weighted by Gasteiger charge is 2.38. The van der Waals surface area contributed by atoms with Crippen LogP contribution in [-0.2, 0) is 9.59 Å². The van der Waals surface area contributed by atoms with Crippen LogP contribution < -0.4 is 5.32 Å². The van der Waals surface area contributed by atoms with E-state index in [0.29, 0.717) is 6.54 Å². The zero-order valence-corrected chi connectivity index (χ0v) is 12.3. The van der Waals surface area contributed by atoms with E-state index in [9.17, 15) is 14.7 Å². The van der Waals surface area contributed by atoms with E-state index in [4.69, 9.17) is 0 Å². The molecule has 5 heteroatoms. The number of carboxylic acids is 1. The topological polar surface area (TPSA) is 69.6 Å². The zero-order chi connectivity index (χ0) is 14.5. The molecule has 2 unspecified atom stereocenters. The second-order valence-corrected chi connectivity index (χ2v) is 5.14. The molecule has 18 heavy (non-hydrogen) atoms. The Kier molecular flexibility index (Phi) is 6.32. The Balaban J connectivity index is 4.86. The molecule has 0 saturated heterocycles. The van der Waals surface area contributed by atoms with Crippen molar-refractivity contribution in [3.8, 4) is 0 Å². The van der Waals surface area contributed by atoms with Gasteiger partial charge in [-0.1, -0.05) is 13.8 Å². The number of hydrogen-bond donors (Lipinski definition) is 2. The molecule has 2 atom stereocenters. The van der Waals surface area contributed by atoms with Gasteiger partial charge in [0.1, 0.15) is 5.54 Å². The summed E-state index contributed by atoms with van der Waals surface area (Å²) in [5.74, 6) is -1.05. The van der Waals surface area contributed by atoms with Crippen LogP contribution in [0.3, 0.4) is 0 Å². The number of carbonyl (C=O) groups excluding carboxylic acids is 1. The van der Waals surface area contributed by atoms with Crippen molar-refractivity contribution in [3.05, 3.63) is 0 Å². The number of hydrogen-bond acceptors (Lipinski definition) is 3. The Morgan fingerprint density at radius 1 is 1.28 bits per heavy atom. The minimum Gasteiger partial charge on any atom is -0.480 e. The van der Waals surface area contributed by atoms with Crippen molar-refractivity contribution in [3.63, 3.8) is 0 Å². The van der Waals surface area contributed by atoms with Gasteiger partial charge in [-0.15, -0.1) is 0 Å². The molecule has 0 aliphatic heterocycles. The van der Waals surface area contributed by atoms with E-state index in [1.807, 2.05) is 20.8 Å². The molecule has 0 saturated carbocycles. The fraction of sp³-hybridized carbons (Fsp3) is 0.846. The third-order valence-electron chi connectivity index (χ3n) is 3.43. The Morgan fingerprint density at radius 2 is 1.78 bits per heavy atom. The molecule has 106 valence electrons. The van der Waals surface area contributed by atoms with Crippen molar-refractivity contribution < 1.29 is 14.7 Å². The van der Waals surface area contributed by atoms with Gasteiger partial charge in [-0.05, 0) is 40.7 Å². The lowest BCUT2D eigenvalue weighted by Gasteiger charge is -2.38. The van der Waals surface area contributed by atoms with Crippen LogP contribution in [0.25, 0.3) is 0 Å². The van der Waals surface area contributed by atoms with Gasteiger partial charge >= 0.3 is 5.97 Å². The minimum atomic E-state index is -1.05. The Hall–Kier alpha value is -1.10. The SMILES string of the molecule is CCC(C)NC(=O)C(C)N(CC)C(C)(C)C(=O)O. The number of aliphatic carboxylic acids is 1. The van der Waals surface area contributed by atoms with Crippen LogP contribution in [0.2, 0.25) is 0 Å². The molecule has 1 amide bonds. The maximum absolute atomic E-state index is 12.0. The smallest absolute Gasteiger partial charge is 0.323 e. The van der Waals surface area contributed by atoms with Gasteiger partial charge in [-0.25, -0.2) is 0 Å². The van der Waals surface area contributed by atoms with Gasteiger partial charge in [0.15, 0.2) is 0 Å². The molecule has 2 N–H and O–H groups in total. The summed E-state index contributed by atoms with van der Waals surface area (Å²) in [5, 5.41) is 12.1. The first kappa shape index (κ1) is 16.9. The lowest BCUT2D eigenvalue weighted by Crippen LogP contribution is -2.58. The number of nitrogens with one attached hydrogen (secondary N) is 1. The van der Waals surface area contributed by atoms with Crippen LogP contribution in [0, 0.1) is 0 Å². The molecule has 0 aromatic rings. The van der Waals surface area contributed by atoms with Crippen molar-refractivity contribution in [1.82, 2.24) is 10.2 Å². The summed E-state index contributed by atoms with van der Waals surface area (Å²) < 4.78 is 0. The molecule has 0 aromatic heterocycles. The summed E-state index contributed by atoms with van der Waals surface area (Å²) >= 11 is 0. The fourth-order valence-electron chi connectivity index (χ4n) is 1.88. The molecule has 5 nitrogen and oxygen atoms in total. The molecule has 0 aliphatic carbocycles. The van der Waals surface area contributed by atoms with Crippen molar-refractivity contribution in [2.75, 3.05) is 6.54 Å². The average Bonchev–Trinajstić information content (AvgIpc) is 2.28. The molecular formula is C13H26N2O3. The molecule has 0 rings (SSSR count). The first-order chi connectivity index (χ1) is 8.18. The van der Waals surface area contributed by atoms with E-state index >= 15 is 0 Å². The quantitative estimate of drug-likeness (QED) is 0.725.